The van der Waals surface area contributed by atoms with E-state index >= 15 is 0 Å². The number of rotatable bonds is 3. The maximum absolute atomic E-state index is 9.30. The van der Waals surface area contributed by atoms with Crippen LogP contribution in [0.1, 0.15) is 41.0 Å². The van der Waals surface area contributed by atoms with Gasteiger partial charge in [-0.15, -0.1) is 0 Å². The van der Waals surface area contributed by atoms with Gasteiger partial charge in [0.05, 0.1) is 0 Å². The third kappa shape index (κ3) is 2.80. The molecule has 0 saturated heterocycles. The third-order valence-corrected chi connectivity index (χ3v) is 6.13. The lowest BCUT2D eigenvalue weighted by Crippen LogP contribution is -2.47. The van der Waals surface area contributed by atoms with E-state index in [0.29, 0.717) is 12.0 Å². The number of hydrogen-bond acceptors (Lipinski definition) is 2. The van der Waals surface area contributed by atoms with Crippen molar-refractivity contribution in [1.82, 2.24) is 4.90 Å². The normalized spacial score (nSPS) is 24.9. The molecular formula is C19H19Br2NO. The highest BCUT2D eigenvalue weighted by atomic mass is 79.9. The van der Waals surface area contributed by atoms with Gasteiger partial charge in [-0.3, -0.25) is 4.90 Å². The first-order valence-electron chi connectivity index (χ1n) is 8.09. The summed E-state index contributed by atoms with van der Waals surface area (Å²) in [5.41, 5.74) is 5.76. The fourth-order valence-corrected chi connectivity index (χ4v) is 4.97. The zero-order chi connectivity index (χ0) is 16.0. The Labute approximate surface area is 153 Å². The van der Waals surface area contributed by atoms with Crippen LogP contribution in [-0.4, -0.2) is 22.7 Å². The van der Waals surface area contributed by atoms with Gasteiger partial charge in [-0.25, -0.2) is 0 Å². The van der Waals surface area contributed by atoms with E-state index in [1.807, 2.05) is 0 Å². The summed E-state index contributed by atoms with van der Waals surface area (Å²) in [6, 6.07) is 13.9. The van der Waals surface area contributed by atoms with Crippen LogP contribution in [0.15, 0.2) is 45.3 Å². The van der Waals surface area contributed by atoms with Crippen LogP contribution in [0.3, 0.4) is 0 Å². The lowest BCUT2D eigenvalue weighted by atomic mass is 9.73. The van der Waals surface area contributed by atoms with Crippen LogP contribution in [-0.2, 0) is 13.1 Å². The summed E-state index contributed by atoms with van der Waals surface area (Å²) in [7, 11) is 0. The molecule has 2 aromatic carbocycles. The number of nitrogens with zero attached hydrogens (tertiary/aromatic N) is 1. The quantitative estimate of drug-likeness (QED) is 0.745. The molecule has 0 amide bonds. The zero-order valence-corrected chi connectivity index (χ0v) is 16.0. The summed E-state index contributed by atoms with van der Waals surface area (Å²) in [6.45, 7) is 2.27. The summed E-state index contributed by atoms with van der Waals surface area (Å²) in [5.74, 6) is 0.402. The van der Waals surface area contributed by atoms with E-state index in [1.165, 1.54) is 22.3 Å². The second kappa shape index (κ2) is 6.32. The summed E-state index contributed by atoms with van der Waals surface area (Å²) in [5, 5.41) is 9.30. The van der Waals surface area contributed by atoms with E-state index in [0.717, 1.165) is 34.9 Å². The maximum Gasteiger partial charge on any atom is 0.0431 e. The lowest BCUT2D eigenvalue weighted by molar-refractivity contribution is 0.115. The molecule has 2 heterocycles. The summed E-state index contributed by atoms with van der Waals surface area (Å²) in [6.07, 6.45) is 1.91. The molecule has 4 rings (SSSR count). The highest BCUT2D eigenvalue weighted by Crippen LogP contribution is 2.46. The number of aliphatic hydroxyl groups is 1. The first-order chi connectivity index (χ1) is 11.2. The van der Waals surface area contributed by atoms with Crippen LogP contribution >= 0.6 is 31.9 Å². The average molecular weight is 437 g/mol. The lowest BCUT2D eigenvalue weighted by Gasteiger charge is -2.47. The minimum absolute atomic E-state index is 0.273. The molecule has 0 aromatic heterocycles. The van der Waals surface area contributed by atoms with Crippen molar-refractivity contribution in [2.45, 2.75) is 37.9 Å². The van der Waals surface area contributed by atoms with Crippen LogP contribution in [0.2, 0.25) is 0 Å². The van der Waals surface area contributed by atoms with Gasteiger partial charge in [0, 0.05) is 40.6 Å². The largest absolute Gasteiger partial charge is 0.396 e. The standard InChI is InChI=1S/C19H19Br2NO/c20-14-5-6-16-13(8-14)11-22-10-12-3-4-15(21)9-17(12)19(16)18(22)2-1-7-23/h3-6,8-9,18-19,23H,1-2,7,10-11H2/t18-,19+/m0/s1. The Morgan fingerprint density at radius 2 is 1.70 bits per heavy atom. The average Bonchev–Trinajstić information content (AvgIpc) is 2.53. The van der Waals surface area contributed by atoms with Gasteiger partial charge in [0.15, 0.2) is 0 Å². The highest BCUT2D eigenvalue weighted by molar-refractivity contribution is 9.10. The molecule has 2 nitrogen and oxygen atoms in total. The number of halogens is 2. The molecule has 4 heteroatoms. The molecule has 0 saturated carbocycles. The molecule has 0 spiro atoms. The van der Waals surface area contributed by atoms with Crippen molar-refractivity contribution in [3.63, 3.8) is 0 Å². The van der Waals surface area contributed by atoms with Crippen molar-refractivity contribution >= 4 is 31.9 Å². The van der Waals surface area contributed by atoms with Crippen molar-refractivity contribution < 1.29 is 5.11 Å². The zero-order valence-electron chi connectivity index (χ0n) is 12.8. The predicted molar refractivity (Wildman–Crippen MR) is 99.5 cm³/mol. The van der Waals surface area contributed by atoms with E-state index in [9.17, 15) is 5.11 Å². The van der Waals surface area contributed by atoms with Gasteiger partial charge in [0.2, 0.25) is 0 Å². The first kappa shape index (κ1) is 15.8. The van der Waals surface area contributed by atoms with Crippen molar-refractivity contribution in [3.8, 4) is 0 Å². The molecule has 2 aliphatic heterocycles. The van der Waals surface area contributed by atoms with Crippen LogP contribution < -0.4 is 0 Å². The Balaban J connectivity index is 1.86. The fourth-order valence-electron chi connectivity index (χ4n) is 4.18. The Morgan fingerprint density at radius 3 is 2.52 bits per heavy atom. The Kier molecular flexibility index (Phi) is 4.35. The summed E-state index contributed by atoms with van der Waals surface area (Å²) < 4.78 is 2.30. The van der Waals surface area contributed by atoms with Crippen LogP contribution in [0.25, 0.3) is 0 Å². The van der Waals surface area contributed by atoms with Crippen LogP contribution in [0.5, 0.6) is 0 Å². The van der Waals surface area contributed by atoms with Gasteiger partial charge in [-0.05, 0) is 59.4 Å². The Bertz CT molecular complexity index is 746. The van der Waals surface area contributed by atoms with Gasteiger partial charge in [0.25, 0.3) is 0 Å². The van der Waals surface area contributed by atoms with Crippen molar-refractivity contribution in [2.24, 2.45) is 0 Å². The van der Waals surface area contributed by atoms with Gasteiger partial charge in [0.1, 0.15) is 0 Å². The maximum atomic E-state index is 9.30. The molecule has 23 heavy (non-hydrogen) atoms. The van der Waals surface area contributed by atoms with Gasteiger partial charge < -0.3 is 5.11 Å². The van der Waals surface area contributed by atoms with Gasteiger partial charge >= 0.3 is 0 Å². The second-order valence-corrected chi connectivity index (χ2v) is 8.33. The van der Waals surface area contributed by atoms with Crippen LogP contribution in [0, 0.1) is 0 Å². The van der Waals surface area contributed by atoms with Crippen LogP contribution in [0.4, 0.5) is 0 Å². The molecule has 120 valence electrons. The Hall–Kier alpha value is -0.680. The minimum Gasteiger partial charge on any atom is -0.396 e. The number of aliphatic hydroxyl groups excluding tert-OH is 1. The molecule has 0 radical (unpaired) electrons. The third-order valence-electron chi connectivity index (χ3n) is 5.14. The summed E-state index contributed by atoms with van der Waals surface area (Å²) >= 11 is 7.25. The highest BCUT2D eigenvalue weighted by Gasteiger charge is 2.40. The van der Waals surface area contributed by atoms with E-state index < -0.39 is 0 Å². The monoisotopic (exact) mass is 435 g/mol. The topological polar surface area (TPSA) is 23.5 Å². The fraction of sp³-hybridized carbons (Fsp3) is 0.368. The first-order valence-corrected chi connectivity index (χ1v) is 9.67. The number of fused-ring (bicyclic) bond motifs is 6. The van der Waals surface area contributed by atoms with E-state index in [-0.39, 0.29) is 6.61 Å². The van der Waals surface area contributed by atoms with Gasteiger partial charge in [-0.2, -0.15) is 0 Å². The molecule has 0 aliphatic carbocycles. The van der Waals surface area contributed by atoms with E-state index in [2.05, 4.69) is 73.2 Å². The smallest absolute Gasteiger partial charge is 0.0431 e. The molecule has 0 fully saturated rings. The summed E-state index contributed by atoms with van der Waals surface area (Å²) in [4.78, 5) is 2.59. The van der Waals surface area contributed by atoms with Crippen molar-refractivity contribution in [3.05, 3.63) is 67.6 Å². The molecule has 2 aromatic rings. The van der Waals surface area contributed by atoms with Gasteiger partial charge in [-0.1, -0.05) is 44.0 Å². The van der Waals surface area contributed by atoms with Crippen molar-refractivity contribution in [1.29, 1.82) is 0 Å². The SMILES string of the molecule is OCCC[C@H]1[C@@H]2c3ccc(Br)cc3CN1Cc1ccc(Br)cc12. The molecule has 1 N–H and O–H groups in total. The molecule has 2 bridgehead atoms. The molecular weight excluding hydrogens is 418 g/mol. The Morgan fingerprint density at radius 1 is 0.957 bits per heavy atom. The molecule has 1 unspecified atom stereocenters. The second-order valence-electron chi connectivity index (χ2n) is 6.50. The van der Waals surface area contributed by atoms with E-state index in [4.69, 9.17) is 0 Å². The number of hydrogen-bond donors (Lipinski definition) is 1. The molecule has 3 atom stereocenters. The van der Waals surface area contributed by atoms with E-state index in [1.54, 1.807) is 0 Å². The predicted octanol–water partition coefficient (Wildman–Crippen LogP) is 4.81. The van der Waals surface area contributed by atoms with Crippen molar-refractivity contribution in [2.75, 3.05) is 6.61 Å². The minimum atomic E-state index is 0.273. The molecule has 2 aliphatic rings. The number of benzene rings is 2.